The van der Waals surface area contributed by atoms with E-state index in [1.807, 2.05) is 61.2 Å². The molecule has 1 unspecified atom stereocenters. The summed E-state index contributed by atoms with van der Waals surface area (Å²) in [5.74, 6) is 0.556. The van der Waals surface area contributed by atoms with Crippen LogP contribution in [0.15, 0.2) is 54.9 Å². The van der Waals surface area contributed by atoms with Crippen molar-refractivity contribution in [3.63, 3.8) is 0 Å². The molecule has 2 heterocycles. The van der Waals surface area contributed by atoms with E-state index in [4.69, 9.17) is 12.2 Å². The average molecular weight is 332 g/mol. The summed E-state index contributed by atoms with van der Waals surface area (Å²) in [6, 6.07) is 13.6. The highest BCUT2D eigenvalue weighted by atomic mass is 32.2. The van der Waals surface area contributed by atoms with Crippen molar-refractivity contribution < 1.29 is 5.11 Å². The molecule has 0 saturated carbocycles. The summed E-state index contributed by atoms with van der Waals surface area (Å²) in [5.41, 5.74) is 0.923. The maximum absolute atomic E-state index is 11.1. The van der Waals surface area contributed by atoms with Crippen LogP contribution in [0.3, 0.4) is 0 Å². The lowest BCUT2D eigenvalue weighted by Gasteiger charge is -2.34. The van der Waals surface area contributed by atoms with Crippen LogP contribution in [-0.2, 0) is 12.3 Å². The molecule has 3 rings (SSSR count). The molecule has 1 saturated heterocycles. The van der Waals surface area contributed by atoms with Gasteiger partial charge in [-0.2, -0.15) is 0 Å². The van der Waals surface area contributed by atoms with E-state index in [0.717, 1.165) is 15.4 Å². The van der Waals surface area contributed by atoms with Gasteiger partial charge < -0.3 is 10.0 Å². The minimum absolute atomic E-state index is 0.556. The highest BCUT2D eigenvalue weighted by molar-refractivity contribution is 8.23. The molecule has 0 amide bonds. The van der Waals surface area contributed by atoms with Crippen LogP contribution in [0.5, 0.6) is 0 Å². The van der Waals surface area contributed by atoms with Gasteiger partial charge >= 0.3 is 0 Å². The monoisotopic (exact) mass is 332 g/mol. The zero-order valence-electron chi connectivity index (χ0n) is 12.8. The number of thiocarbonyl (C=S) groups is 1. The van der Waals surface area contributed by atoms with Crippen LogP contribution in [0.25, 0.3) is 0 Å². The maximum atomic E-state index is 11.1. The number of aliphatic hydroxyl groups is 1. The summed E-state index contributed by atoms with van der Waals surface area (Å²) in [4.78, 5) is 5.90. The van der Waals surface area contributed by atoms with Crippen LogP contribution < -0.4 is 0 Å². The van der Waals surface area contributed by atoms with Gasteiger partial charge in [-0.1, -0.05) is 68.2 Å². The topological polar surface area (TPSA) is 36.4 Å². The molecule has 2 aromatic rings. The number of rotatable bonds is 3. The third-order valence-electron chi connectivity index (χ3n) is 3.39. The van der Waals surface area contributed by atoms with E-state index >= 15 is 0 Å². The molecule has 0 spiro atoms. The molecule has 1 aromatic carbocycles. The first-order chi connectivity index (χ1) is 10.7. The molecule has 116 valence electrons. The predicted octanol–water partition coefficient (Wildman–Crippen LogP) is 3.79. The smallest absolute Gasteiger partial charge is 0.175 e. The van der Waals surface area contributed by atoms with Crippen LogP contribution in [0, 0.1) is 0 Å². The molecular formula is C17H20N2OS2. The Morgan fingerprint density at radius 1 is 1.18 bits per heavy atom. The van der Waals surface area contributed by atoms with Crippen LogP contribution in [0.2, 0.25) is 0 Å². The molecule has 1 aliphatic rings. The molecule has 1 N–H and O–H groups in total. The second kappa shape index (κ2) is 7.72. The largest absolute Gasteiger partial charge is 0.366 e. The van der Waals surface area contributed by atoms with Crippen molar-refractivity contribution in [1.82, 2.24) is 9.88 Å². The van der Waals surface area contributed by atoms with E-state index in [1.54, 1.807) is 12.4 Å². The second-order valence-corrected chi connectivity index (χ2v) is 6.29. The predicted molar refractivity (Wildman–Crippen MR) is 96.5 cm³/mol. The molecule has 0 bridgehead atoms. The molecule has 0 radical (unpaired) electrons. The standard InChI is InChI=1S/C15H14N2OS2.C2H6/c18-15(13-4-2-1-3-5-13)11-20-14(19)17(15)10-12-6-8-16-9-7-12;1-2/h1-9,18H,10-11H2;1-2H3. The Labute approximate surface area is 141 Å². The third kappa shape index (κ3) is 3.48. The maximum Gasteiger partial charge on any atom is 0.175 e. The van der Waals surface area contributed by atoms with Crippen LogP contribution in [0.4, 0.5) is 0 Å². The van der Waals surface area contributed by atoms with E-state index < -0.39 is 5.72 Å². The van der Waals surface area contributed by atoms with Gasteiger partial charge in [0.25, 0.3) is 0 Å². The second-order valence-electron chi connectivity index (χ2n) is 4.68. The Kier molecular flexibility index (Phi) is 5.94. The van der Waals surface area contributed by atoms with Gasteiger partial charge in [0.15, 0.2) is 5.72 Å². The first-order valence-electron chi connectivity index (χ1n) is 7.31. The molecule has 3 nitrogen and oxygen atoms in total. The van der Waals surface area contributed by atoms with Gasteiger partial charge in [-0.3, -0.25) is 4.98 Å². The molecule has 1 aliphatic heterocycles. The highest BCUT2D eigenvalue weighted by Gasteiger charge is 2.43. The van der Waals surface area contributed by atoms with Gasteiger partial charge in [0.2, 0.25) is 0 Å². The van der Waals surface area contributed by atoms with Crippen molar-refractivity contribution in [1.29, 1.82) is 0 Å². The van der Waals surface area contributed by atoms with Crippen molar-refractivity contribution >= 4 is 28.3 Å². The van der Waals surface area contributed by atoms with Gasteiger partial charge in [-0.25, -0.2) is 0 Å². The van der Waals surface area contributed by atoms with Crippen molar-refractivity contribution in [2.24, 2.45) is 0 Å². The fourth-order valence-corrected chi connectivity index (χ4v) is 3.69. The Hall–Kier alpha value is -1.43. The highest BCUT2D eigenvalue weighted by Crippen LogP contribution is 2.39. The third-order valence-corrected chi connectivity index (χ3v) is 4.98. The lowest BCUT2D eigenvalue weighted by molar-refractivity contribution is -0.0508. The molecule has 5 heteroatoms. The first kappa shape index (κ1) is 16.9. The fourth-order valence-electron chi connectivity index (χ4n) is 2.28. The van der Waals surface area contributed by atoms with E-state index in [1.165, 1.54) is 11.8 Å². The van der Waals surface area contributed by atoms with E-state index in [2.05, 4.69) is 4.98 Å². The van der Waals surface area contributed by atoms with Crippen LogP contribution in [-0.4, -0.2) is 25.1 Å². The molecule has 1 aromatic heterocycles. The number of hydrogen-bond acceptors (Lipinski definition) is 4. The average Bonchev–Trinajstić information content (AvgIpc) is 2.88. The Morgan fingerprint density at radius 2 is 1.82 bits per heavy atom. The summed E-state index contributed by atoms with van der Waals surface area (Å²) in [5, 5.41) is 11.1. The van der Waals surface area contributed by atoms with E-state index in [9.17, 15) is 5.11 Å². The SMILES string of the molecule is CC.OC1(c2ccccc2)CSC(=S)N1Cc1ccncc1. The summed E-state index contributed by atoms with van der Waals surface area (Å²) < 4.78 is 0.730. The molecule has 22 heavy (non-hydrogen) atoms. The number of benzene rings is 1. The van der Waals surface area contributed by atoms with Gasteiger partial charge in [-0.15, -0.1) is 0 Å². The number of pyridine rings is 1. The Bertz CT molecular complexity index is 607. The number of nitrogens with zero attached hydrogens (tertiary/aromatic N) is 2. The molecule has 0 aliphatic carbocycles. The lowest BCUT2D eigenvalue weighted by Crippen LogP contribution is -2.43. The molecular weight excluding hydrogens is 312 g/mol. The van der Waals surface area contributed by atoms with Gasteiger partial charge in [-0.05, 0) is 17.7 Å². The fraction of sp³-hybridized carbons (Fsp3) is 0.294. The summed E-state index contributed by atoms with van der Waals surface area (Å²) >= 11 is 6.92. The zero-order valence-corrected chi connectivity index (χ0v) is 14.4. The quantitative estimate of drug-likeness (QED) is 0.866. The van der Waals surface area contributed by atoms with Crippen molar-refractivity contribution in [3.05, 3.63) is 66.0 Å². The van der Waals surface area contributed by atoms with Crippen LogP contribution in [0.1, 0.15) is 25.0 Å². The van der Waals surface area contributed by atoms with Crippen molar-refractivity contribution in [2.45, 2.75) is 26.1 Å². The summed E-state index contributed by atoms with van der Waals surface area (Å²) in [7, 11) is 0. The Morgan fingerprint density at radius 3 is 2.45 bits per heavy atom. The number of aromatic nitrogens is 1. The normalized spacial score (nSPS) is 20.5. The lowest BCUT2D eigenvalue weighted by atomic mass is 10.0. The number of hydrogen-bond donors (Lipinski definition) is 1. The van der Waals surface area contributed by atoms with Crippen LogP contribution >= 0.6 is 24.0 Å². The minimum atomic E-state index is -1.04. The van der Waals surface area contributed by atoms with Crippen molar-refractivity contribution in [2.75, 3.05) is 5.75 Å². The summed E-state index contributed by atoms with van der Waals surface area (Å²) in [6.07, 6.45) is 3.51. The first-order valence-corrected chi connectivity index (χ1v) is 8.71. The minimum Gasteiger partial charge on any atom is -0.366 e. The van der Waals surface area contributed by atoms with Gasteiger partial charge in [0.05, 0.1) is 5.75 Å². The van der Waals surface area contributed by atoms with Gasteiger partial charge in [0.1, 0.15) is 4.32 Å². The zero-order chi connectivity index (χ0) is 16.0. The number of thioether (sulfide) groups is 1. The molecule has 1 fully saturated rings. The van der Waals surface area contributed by atoms with E-state index in [0.29, 0.717) is 12.3 Å². The van der Waals surface area contributed by atoms with Crippen molar-refractivity contribution in [3.8, 4) is 0 Å². The van der Waals surface area contributed by atoms with Gasteiger partial charge in [0, 0.05) is 24.5 Å². The molecule has 1 atom stereocenters. The summed E-state index contributed by atoms with van der Waals surface area (Å²) in [6.45, 7) is 4.58. The van der Waals surface area contributed by atoms with E-state index in [-0.39, 0.29) is 0 Å². The Balaban J connectivity index is 0.000000847.